The molecule has 1 fully saturated rings. The molecule has 0 saturated carbocycles. The Hall–Kier alpha value is -3.11. The van der Waals surface area contributed by atoms with Crippen LogP contribution in [0.25, 0.3) is 17.4 Å². The number of methoxy groups -OCH3 is 1. The van der Waals surface area contributed by atoms with E-state index in [4.69, 9.17) is 13.9 Å². The second-order valence-corrected chi connectivity index (χ2v) is 7.26. The molecule has 2 aromatic rings. The number of amidine groups is 1. The summed E-state index contributed by atoms with van der Waals surface area (Å²) in [4.78, 5) is 29.5. The van der Waals surface area contributed by atoms with Gasteiger partial charge in [-0.05, 0) is 30.0 Å². The van der Waals surface area contributed by atoms with Crippen LogP contribution in [0.3, 0.4) is 0 Å². The largest absolute Gasteiger partial charge is 0.496 e. The van der Waals surface area contributed by atoms with Crippen LogP contribution in [0.2, 0.25) is 0 Å². The zero-order valence-electron chi connectivity index (χ0n) is 15.5. The number of thioether (sulfide) groups is 1. The number of aliphatic imine (C=N–C) groups is 1. The Labute approximate surface area is 170 Å². The smallest absolute Gasteiger partial charge is 0.286 e. The summed E-state index contributed by atoms with van der Waals surface area (Å²) < 4.78 is 16.4. The van der Waals surface area contributed by atoms with Crippen LogP contribution in [0, 0.1) is 10.1 Å². The predicted octanol–water partition coefficient (Wildman–Crippen LogP) is 3.17. The van der Waals surface area contributed by atoms with Gasteiger partial charge in [-0.2, -0.15) is 4.99 Å². The number of rotatable bonds is 4. The van der Waals surface area contributed by atoms with Gasteiger partial charge < -0.3 is 18.8 Å². The van der Waals surface area contributed by atoms with E-state index in [1.165, 1.54) is 37.1 Å². The fourth-order valence-electron chi connectivity index (χ4n) is 2.99. The highest BCUT2D eigenvalue weighted by Crippen LogP contribution is 2.36. The lowest BCUT2D eigenvalue weighted by molar-refractivity contribution is -0.384. The lowest BCUT2D eigenvalue weighted by Crippen LogP contribution is -2.38. The molecule has 0 atom stereocenters. The Morgan fingerprint density at radius 2 is 2.07 bits per heavy atom. The molecule has 0 bridgehead atoms. The number of nitro groups is 1. The summed E-state index contributed by atoms with van der Waals surface area (Å²) in [7, 11) is 1.48. The minimum absolute atomic E-state index is 0.0674. The maximum absolute atomic E-state index is 12.3. The number of morpholine rings is 1. The quantitative estimate of drug-likeness (QED) is 0.426. The van der Waals surface area contributed by atoms with Crippen molar-refractivity contribution < 1.29 is 23.6 Å². The number of benzene rings is 1. The Bertz CT molecular complexity index is 1020. The Morgan fingerprint density at radius 1 is 1.28 bits per heavy atom. The van der Waals surface area contributed by atoms with Crippen LogP contribution in [0.15, 0.2) is 44.6 Å². The number of amides is 1. The minimum atomic E-state index is -0.479. The van der Waals surface area contributed by atoms with Crippen molar-refractivity contribution >= 4 is 34.6 Å². The summed E-state index contributed by atoms with van der Waals surface area (Å²) in [6.07, 6.45) is 1.62. The lowest BCUT2D eigenvalue weighted by Gasteiger charge is -2.27. The first kappa shape index (κ1) is 19.2. The van der Waals surface area contributed by atoms with E-state index >= 15 is 0 Å². The first-order chi connectivity index (χ1) is 14.0. The molecule has 0 unspecified atom stereocenters. The molecule has 10 heteroatoms. The summed E-state index contributed by atoms with van der Waals surface area (Å²) in [6, 6.07) is 7.66. The molecule has 0 spiro atoms. The van der Waals surface area contributed by atoms with Gasteiger partial charge in [0.25, 0.3) is 11.6 Å². The summed E-state index contributed by atoms with van der Waals surface area (Å²) >= 11 is 1.30. The van der Waals surface area contributed by atoms with Gasteiger partial charge in [0.15, 0.2) is 5.17 Å². The number of non-ortho nitro benzene ring substituents is 1. The number of hydrogen-bond donors (Lipinski definition) is 0. The molecule has 1 aromatic carbocycles. The van der Waals surface area contributed by atoms with E-state index < -0.39 is 4.92 Å². The van der Waals surface area contributed by atoms with Crippen LogP contribution in [-0.4, -0.2) is 54.3 Å². The second kappa shape index (κ2) is 8.10. The van der Waals surface area contributed by atoms with Gasteiger partial charge in [-0.25, -0.2) is 0 Å². The first-order valence-electron chi connectivity index (χ1n) is 8.83. The number of hydrogen-bond acceptors (Lipinski definition) is 8. The van der Waals surface area contributed by atoms with Gasteiger partial charge in [-0.1, -0.05) is 0 Å². The minimum Gasteiger partial charge on any atom is -0.496 e. The molecule has 9 nitrogen and oxygen atoms in total. The van der Waals surface area contributed by atoms with E-state index in [1.54, 1.807) is 18.2 Å². The van der Waals surface area contributed by atoms with Crippen molar-refractivity contribution in [3.63, 3.8) is 0 Å². The normalized spacial score (nSPS) is 18.2. The highest BCUT2D eigenvalue weighted by Gasteiger charge is 2.27. The molecule has 0 radical (unpaired) electrons. The highest BCUT2D eigenvalue weighted by molar-refractivity contribution is 8.18. The number of furan rings is 1. The third-order valence-corrected chi connectivity index (χ3v) is 5.49. The van der Waals surface area contributed by atoms with Crippen molar-refractivity contribution in [3.05, 3.63) is 51.1 Å². The number of carbonyl (C=O) groups excluding carboxylic acids is 1. The molecule has 4 rings (SSSR count). The van der Waals surface area contributed by atoms with Crippen molar-refractivity contribution in [2.24, 2.45) is 4.99 Å². The molecule has 1 aromatic heterocycles. The third-order valence-electron chi connectivity index (χ3n) is 4.45. The van der Waals surface area contributed by atoms with E-state index in [0.717, 1.165) is 0 Å². The number of carbonyl (C=O) groups is 1. The molecule has 2 aliphatic heterocycles. The van der Waals surface area contributed by atoms with Crippen molar-refractivity contribution in [2.45, 2.75) is 0 Å². The van der Waals surface area contributed by atoms with E-state index in [9.17, 15) is 14.9 Å². The molecule has 2 aliphatic rings. The van der Waals surface area contributed by atoms with Gasteiger partial charge in [0, 0.05) is 31.3 Å². The fraction of sp³-hybridized carbons (Fsp3) is 0.263. The average molecular weight is 415 g/mol. The van der Waals surface area contributed by atoms with Crippen molar-refractivity contribution in [3.8, 4) is 17.1 Å². The summed E-state index contributed by atoms with van der Waals surface area (Å²) in [5, 5.41) is 11.7. The van der Waals surface area contributed by atoms with Crippen LogP contribution in [0.4, 0.5) is 5.69 Å². The SMILES string of the molecule is COc1ccc([N+](=O)[O-])cc1-c1ccc(/C=C2\SC(N3CCOCC3)=NC2=O)o1. The van der Waals surface area contributed by atoms with Gasteiger partial charge in [0.1, 0.15) is 17.3 Å². The van der Waals surface area contributed by atoms with Gasteiger partial charge >= 0.3 is 0 Å². The summed E-state index contributed by atoms with van der Waals surface area (Å²) in [5.74, 6) is 0.987. The monoisotopic (exact) mass is 415 g/mol. The van der Waals surface area contributed by atoms with Crippen LogP contribution in [-0.2, 0) is 9.53 Å². The van der Waals surface area contributed by atoms with E-state index in [2.05, 4.69) is 4.99 Å². The van der Waals surface area contributed by atoms with Crippen LogP contribution >= 0.6 is 11.8 Å². The Morgan fingerprint density at radius 3 is 2.79 bits per heavy atom. The van der Waals surface area contributed by atoms with Gasteiger partial charge in [-0.15, -0.1) is 0 Å². The molecule has 0 aliphatic carbocycles. The first-order valence-corrected chi connectivity index (χ1v) is 9.64. The maximum Gasteiger partial charge on any atom is 0.286 e. The molecule has 29 heavy (non-hydrogen) atoms. The van der Waals surface area contributed by atoms with E-state index in [-0.39, 0.29) is 11.6 Å². The number of nitrogens with zero attached hydrogens (tertiary/aromatic N) is 3. The third kappa shape index (κ3) is 4.03. The Kier molecular flexibility index (Phi) is 5.36. The molecular weight excluding hydrogens is 398 g/mol. The summed E-state index contributed by atoms with van der Waals surface area (Å²) in [6.45, 7) is 2.62. The molecule has 1 amide bonds. The van der Waals surface area contributed by atoms with Crippen molar-refractivity contribution in [2.75, 3.05) is 33.4 Å². The second-order valence-electron chi connectivity index (χ2n) is 6.25. The topological polar surface area (TPSA) is 107 Å². The number of nitro benzene ring substituents is 1. The van der Waals surface area contributed by atoms with E-state index in [0.29, 0.717) is 59.2 Å². The number of ether oxygens (including phenoxy) is 2. The molecule has 0 N–H and O–H groups in total. The van der Waals surface area contributed by atoms with Gasteiger partial charge in [-0.3, -0.25) is 14.9 Å². The van der Waals surface area contributed by atoms with Gasteiger partial charge in [0.05, 0.1) is 35.7 Å². The molecule has 1 saturated heterocycles. The highest BCUT2D eigenvalue weighted by atomic mass is 32.2. The standard InChI is InChI=1S/C19H17N3O6S/c1-26-15-4-2-12(22(24)25)10-14(15)16-5-3-13(28-16)11-17-18(23)20-19(29-17)21-6-8-27-9-7-21/h2-5,10-11H,6-9H2,1H3/b17-11-. The van der Waals surface area contributed by atoms with E-state index in [1.807, 2.05) is 4.90 Å². The fourth-order valence-corrected chi connectivity index (χ4v) is 3.94. The Balaban J connectivity index is 1.57. The predicted molar refractivity (Wildman–Crippen MR) is 108 cm³/mol. The van der Waals surface area contributed by atoms with Crippen LogP contribution in [0.1, 0.15) is 5.76 Å². The maximum atomic E-state index is 12.3. The van der Waals surface area contributed by atoms with Gasteiger partial charge in [0.2, 0.25) is 0 Å². The lowest BCUT2D eigenvalue weighted by atomic mass is 10.1. The van der Waals surface area contributed by atoms with Crippen LogP contribution < -0.4 is 4.74 Å². The molecule has 150 valence electrons. The zero-order valence-corrected chi connectivity index (χ0v) is 16.3. The molecular formula is C19H17N3O6S. The summed E-state index contributed by atoms with van der Waals surface area (Å²) in [5.41, 5.74) is 0.393. The van der Waals surface area contributed by atoms with Crippen molar-refractivity contribution in [1.29, 1.82) is 0 Å². The van der Waals surface area contributed by atoms with Crippen LogP contribution in [0.5, 0.6) is 5.75 Å². The average Bonchev–Trinajstić information content (AvgIpc) is 3.35. The van der Waals surface area contributed by atoms with Crippen molar-refractivity contribution in [1.82, 2.24) is 4.90 Å². The molecule has 3 heterocycles. The zero-order chi connectivity index (χ0) is 20.4.